The number of methoxy groups -OCH3 is 1. The zero-order valence-electron chi connectivity index (χ0n) is 15.0. The fourth-order valence-corrected chi connectivity index (χ4v) is 3.61. The molecule has 1 aliphatic carbocycles. The minimum Gasteiger partial charge on any atom is -0.497 e. The Balaban J connectivity index is 1.55. The number of ether oxygens (including phenoxy) is 2. The molecule has 0 saturated carbocycles. The van der Waals surface area contributed by atoms with Crippen molar-refractivity contribution in [3.05, 3.63) is 64.7 Å². The van der Waals surface area contributed by atoms with Gasteiger partial charge in [-0.1, -0.05) is 18.2 Å². The van der Waals surface area contributed by atoms with E-state index in [1.807, 2.05) is 24.3 Å². The van der Waals surface area contributed by atoms with Gasteiger partial charge in [0.05, 0.1) is 20.3 Å². The van der Waals surface area contributed by atoms with E-state index in [-0.39, 0.29) is 5.78 Å². The number of rotatable bonds is 3. The molecule has 4 nitrogen and oxygen atoms in total. The Labute approximate surface area is 154 Å². The van der Waals surface area contributed by atoms with Crippen LogP contribution in [0.3, 0.4) is 0 Å². The second kappa shape index (κ2) is 7.34. The molecule has 0 unspecified atom stereocenters. The second-order valence-corrected chi connectivity index (χ2v) is 6.71. The summed E-state index contributed by atoms with van der Waals surface area (Å²) < 4.78 is 10.7. The number of anilines is 1. The summed E-state index contributed by atoms with van der Waals surface area (Å²) in [5.74, 6) is 0.843. The molecule has 134 valence electrons. The number of carbonyl (C=O) groups is 1. The van der Waals surface area contributed by atoms with E-state index in [0.29, 0.717) is 0 Å². The maximum Gasteiger partial charge on any atom is 0.189 e. The highest BCUT2D eigenvalue weighted by atomic mass is 16.5. The summed E-state index contributed by atoms with van der Waals surface area (Å²) in [5.41, 5.74) is 5.02. The highest BCUT2D eigenvalue weighted by Gasteiger charge is 2.22. The molecular formula is C22H23NO3. The molecule has 0 bridgehead atoms. The Kier molecular flexibility index (Phi) is 4.76. The van der Waals surface area contributed by atoms with Crippen molar-refractivity contribution in [1.82, 2.24) is 0 Å². The predicted octanol–water partition coefficient (Wildman–Crippen LogP) is 3.74. The fraction of sp³-hybridized carbons (Fsp3) is 0.318. The standard InChI is InChI=1S/C22H23NO3/c1-25-20-9-6-17-4-5-18(22(24)21(17)15-20)14-16-2-7-19(8-3-16)23-10-12-26-13-11-23/h2-3,6-9,14-15H,4-5,10-13H2,1H3/b18-14+. The van der Waals surface area contributed by atoms with Gasteiger partial charge in [-0.15, -0.1) is 0 Å². The quantitative estimate of drug-likeness (QED) is 0.791. The van der Waals surface area contributed by atoms with Crippen LogP contribution in [0, 0.1) is 0 Å². The van der Waals surface area contributed by atoms with Gasteiger partial charge in [-0.25, -0.2) is 0 Å². The fourth-order valence-electron chi connectivity index (χ4n) is 3.61. The minimum atomic E-state index is 0.113. The van der Waals surface area contributed by atoms with Crippen LogP contribution in [0.2, 0.25) is 0 Å². The van der Waals surface area contributed by atoms with E-state index < -0.39 is 0 Å². The molecule has 0 amide bonds. The molecule has 2 aliphatic rings. The number of carbonyl (C=O) groups excluding carboxylic acids is 1. The van der Waals surface area contributed by atoms with Gasteiger partial charge in [0.2, 0.25) is 0 Å². The molecule has 0 N–H and O–H groups in total. The van der Waals surface area contributed by atoms with Gasteiger partial charge < -0.3 is 14.4 Å². The first-order chi connectivity index (χ1) is 12.7. The van der Waals surface area contributed by atoms with Crippen molar-refractivity contribution in [2.75, 3.05) is 38.3 Å². The summed E-state index contributed by atoms with van der Waals surface area (Å²) in [6.45, 7) is 3.42. The van der Waals surface area contributed by atoms with Gasteiger partial charge in [-0.3, -0.25) is 4.79 Å². The van der Waals surface area contributed by atoms with Crippen LogP contribution in [0.5, 0.6) is 5.75 Å². The molecule has 1 saturated heterocycles. The van der Waals surface area contributed by atoms with E-state index in [9.17, 15) is 4.79 Å². The lowest BCUT2D eigenvalue weighted by Crippen LogP contribution is -2.36. The smallest absolute Gasteiger partial charge is 0.189 e. The summed E-state index contributed by atoms with van der Waals surface area (Å²) in [6, 6.07) is 14.2. The Morgan fingerprint density at radius 2 is 1.81 bits per heavy atom. The molecular weight excluding hydrogens is 326 g/mol. The topological polar surface area (TPSA) is 38.8 Å². The van der Waals surface area contributed by atoms with Crippen LogP contribution in [0.4, 0.5) is 5.69 Å². The maximum atomic E-state index is 12.9. The summed E-state index contributed by atoms with van der Waals surface area (Å²) in [4.78, 5) is 15.2. The third-order valence-corrected chi connectivity index (χ3v) is 5.13. The Morgan fingerprint density at radius 1 is 1.04 bits per heavy atom. The number of ketones is 1. The zero-order valence-corrected chi connectivity index (χ0v) is 15.0. The number of hydrogen-bond donors (Lipinski definition) is 0. The largest absolute Gasteiger partial charge is 0.497 e. The molecule has 0 atom stereocenters. The number of morpholine rings is 1. The normalized spacial score (nSPS) is 18.7. The summed E-state index contributed by atoms with van der Waals surface area (Å²) in [5, 5.41) is 0. The molecule has 0 spiro atoms. The van der Waals surface area contributed by atoms with Crippen LogP contribution in [-0.4, -0.2) is 39.2 Å². The van der Waals surface area contributed by atoms with Crippen molar-refractivity contribution in [2.45, 2.75) is 12.8 Å². The summed E-state index contributed by atoms with van der Waals surface area (Å²) >= 11 is 0. The number of Topliss-reactive ketones (excluding diaryl/α,β-unsaturated/α-hetero) is 1. The van der Waals surface area contributed by atoms with Crippen LogP contribution >= 0.6 is 0 Å². The SMILES string of the molecule is COc1ccc2c(c1)C(=O)/C(=C/c1ccc(N3CCOCC3)cc1)CC2. The lowest BCUT2D eigenvalue weighted by atomic mass is 9.86. The molecule has 1 fully saturated rings. The van der Waals surface area contributed by atoms with E-state index in [2.05, 4.69) is 29.2 Å². The lowest BCUT2D eigenvalue weighted by molar-refractivity contribution is 0.102. The van der Waals surface area contributed by atoms with Crippen molar-refractivity contribution in [1.29, 1.82) is 0 Å². The number of hydrogen-bond acceptors (Lipinski definition) is 4. The molecule has 1 heterocycles. The molecule has 4 heteroatoms. The number of nitrogens with zero attached hydrogens (tertiary/aromatic N) is 1. The minimum absolute atomic E-state index is 0.113. The average Bonchev–Trinajstić information content (AvgIpc) is 2.71. The van der Waals surface area contributed by atoms with Gasteiger partial charge >= 0.3 is 0 Å². The van der Waals surface area contributed by atoms with Gasteiger partial charge in [0, 0.05) is 29.9 Å². The van der Waals surface area contributed by atoms with Gasteiger partial charge in [-0.2, -0.15) is 0 Å². The average molecular weight is 349 g/mol. The van der Waals surface area contributed by atoms with E-state index in [1.54, 1.807) is 7.11 Å². The van der Waals surface area contributed by atoms with E-state index in [1.165, 1.54) is 5.69 Å². The van der Waals surface area contributed by atoms with E-state index in [4.69, 9.17) is 9.47 Å². The van der Waals surface area contributed by atoms with Crippen molar-refractivity contribution in [3.63, 3.8) is 0 Å². The second-order valence-electron chi connectivity index (χ2n) is 6.71. The Morgan fingerprint density at radius 3 is 2.54 bits per heavy atom. The molecule has 0 aromatic heterocycles. The molecule has 2 aromatic carbocycles. The van der Waals surface area contributed by atoms with E-state index in [0.717, 1.165) is 67.2 Å². The first-order valence-corrected chi connectivity index (χ1v) is 9.09. The number of fused-ring (bicyclic) bond motifs is 1. The van der Waals surface area contributed by atoms with Gasteiger partial charge in [0.1, 0.15) is 5.75 Å². The number of allylic oxidation sites excluding steroid dienone is 1. The first-order valence-electron chi connectivity index (χ1n) is 9.09. The number of aryl methyl sites for hydroxylation is 1. The summed E-state index contributed by atoms with van der Waals surface area (Å²) in [7, 11) is 1.63. The van der Waals surface area contributed by atoms with Crippen LogP contribution in [0.1, 0.15) is 27.9 Å². The van der Waals surface area contributed by atoms with Gasteiger partial charge in [0.15, 0.2) is 5.78 Å². The van der Waals surface area contributed by atoms with Gasteiger partial charge in [-0.05, 0) is 54.3 Å². The monoisotopic (exact) mass is 349 g/mol. The van der Waals surface area contributed by atoms with Crippen molar-refractivity contribution in [3.8, 4) is 5.75 Å². The lowest BCUT2D eigenvalue weighted by Gasteiger charge is -2.28. The predicted molar refractivity (Wildman–Crippen MR) is 103 cm³/mol. The third kappa shape index (κ3) is 3.37. The van der Waals surface area contributed by atoms with E-state index >= 15 is 0 Å². The summed E-state index contributed by atoms with van der Waals surface area (Å²) in [6.07, 6.45) is 3.69. The maximum absolute atomic E-state index is 12.9. The van der Waals surface area contributed by atoms with Crippen LogP contribution < -0.4 is 9.64 Å². The van der Waals surface area contributed by atoms with Crippen LogP contribution in [0.25, 0.3) is 6.08 Å². The van der Waals surface area contributed by atoms with Crippen molar-refractivity contribution < 1.29 is 14.3 Å². The molecule has 1 aliphatic heterocycles. The Bertz CT molecular complexity index is 833. The molecule has 0 radical (unpaired) electrons. The van der Waals surface area contributed by atoms with Crippen molar-refractivity contribution in [2.24, 2.45) is 0 Å². The van der Waals surface area contributed by atoms with Crippen LogP contribution in [0.15, 0.2) is 48.0 Å². The van der Waals surface area contributed by atoms with Gasteiger partial charge in [0.25, 0.3) is 0 Å². The third-order valence-electron chi connectivity index (χ3n) is 5.13. The first kappa shape index (κ1) is 16.9. The molecule has 2 aromatic rings. The highest BCUT2D eigenvalue weighted by Crippen LogP contribution is 2.29. The molecule has 4 rings (SSSR count). The van der Waals surface area contributed by atoms with Crippen molar-refractivity contribution >= 4 is 17.5 Å². The highest BCUT2D eigenvalue weighted by molar-refractivity contribution is 6.13. The van der Waals surface area contributed by atoms with Crippen LogP contribution in [-0.2, 0) is 11.2 Å². The number of benzene rings is 2. The molecule has 26 heavy (non-hydrogen) atoms. The Hall–Kier alpha value is -2.59. The zero-order chi connectivity index (χ0) is 17.9.